The van der Waals surface area contributed by atoms with Gasteiger partial charge in [0.2, 0.25) is 5.88 Å². The minimum atomic E-state index is -0.476. The van der Waals surface area contributed by atoms with Crippen LogP contribution >= 0.6 is 0 Å². The molecule has 1 aromatic rings. The second-order valence-corrected chi connectivity index (χ2v) is 6.58. The summed E-state index contributed by atoms with van der Waals surface area (Å²) in [4.78, 5) is 22.2. The van der Waals surface area contributed by atoms with Crippen LogP contribution in [0.3, 0.4) is 0 Å². The molecule has 0 spiro atoms. The first kappa shape index (κ1) is 17.3. The number of amides is 1. The number of nitrogens with one attached hydrogen (secondary N) is 1. The summed E-state index contributed by atoms with van der Waals surface area (Å²) in [6.07, 6.45) is 3.12. The molecule has 7 heteroatoms. The number of anilines is 1. The Hall–Kier alpha value is -2.05. The van der Waals surface area contributed by atoms with Gasteiger partial charge in [0.1, 0.15) is 17.7 Å². The summed E-state index contributed by atoms with van der Waals surface area (Å²) in [7, 11) is 0. The zero-order chi connectivity index (χ0) is 16.9. The van der Waals surface area contributed by atoms with Crippen molar-refractivity contribution in [2.24, 2.45) is 0 Å². The number of ether oxygens (including phenoxy) is 2. The average Bonchev–Trinajstić information content (AvgIpc) is 2.46. The van der Waals surface area contributed by atoms with Crippen molar-refractivity contribution in [3.05, 3.63) is 12.4 Å². The van der Waals surface area contributed by atoms with E-state index in [1.165, 1.54) is 6.33 Å². The van der Waals surface area contributed by atoms with Gasteiger partial charge in [-0.15, -0.1) is 0 Å². The zero-order valence-electron chi connectivity index (χ0n) is 14.3. The third-order valence-electron chi connectivity index (χ3n) is 3.36. The molecule has 0 aliphatic carbocycles. The molecule has 1 aromatic heterocycles. The fraction of sp³-hybridized carbons (Fsp3) is 0.688. The normalized spacial score (nSPS) is 18.4. The monoisotopic (exact) mass is 322 g/mol. The molecule has 1 N–H and O–H groups in total. The first-order valence-corrected chi connectivity index (χ1v) is 8.06. The van der Waals surface area contributed by atoms with Crippen LogP contribution in [0.5, 0.6) is 5.88 Å². The number of carbonyl (C=O) groups excluding carboxylic acids is 1. The Bertz CT molecular complexity index is 530. The molecule has 1 atom stereocenters. The third-order valence-corrected chi connectivity index (χ3v) is 3.36. The fourth-order valence-corrected chi connectivity index (χ4v) is 2.44. The van der Waals surface area contributed by atoms with Gasteiger partial charge in [-0.3, -0.25) is 0 Å². The van der Waals surface area contributed by atoms with Crippen LogP contribution in [0.4, 0.5) is 10.6 Å². The molecule has 0 saturated carbocycles. The van der Waals surface area contributed by atoms with E-state index in [4.69, 9.17) is 9.47 Å². The molecule has 0 radical (unpaired) electrons. The van der Waals surface area contributed by atoms with E-state index in [2.05, 4.69) is 15.3 Å². The van der Waals surface area contributed by atoms with Gasteiger partial charge in [0.25, 0.3) is 0 Å². The van der Waals surface area contributed by atoms with Crippen LogP contribution in [-0.4, -0.2) is 52.3 Å². The molecule has 0 aromatic carbocycles. The number of carbonyl (C=O) groups is 1. The van der Waals surface area contributed by atoms with Crippen LogP contribution in [0.25, 0.3) is 0 Å². The van der Waals surface area contributed by atoms with Crippen molar-refractivity contribution in [2.75, 3.05) is 25.0 Å². The molecular weight excluding hydrogens is 296 g/mol. The average molecular weight is 322 g/mol. The Morgan fingerprint density at radius 2 is 2.22 bits per heavy atom. The lowest BCUT2D eigenvalue weighted by atomic mass is 10.1. The van der Waals surface area contributed by atoms with Gasteiger partial charge >= 0.3 is 6.09 Å². The smallest absolute Gasteiger partial charge is 0.410 e. The van der Waals surface area contributed by atoms with Gasteiger partial charge in [0, 0.05) is 25.2 Å². The molecular formula is C16H26N4O3. The molecule has 1 unspecified atom stereocenters. The molecule has 7 nitrogen and oxygen atoms in total. The molecule has 1 saturated heterocycles. The molecule has 2 heterocycles. The predicted molar refractivity (Wildman–Crippen MR) is 87.7 cm³/mol. The lowest BCUT2D eigenvalue weighted by Gasteiger charge is -2.34. The second kappa shape index (κ2) is 7.48. The largest absolute Gasteiger partial charge is 0.478 e. The van der Waals surface area contributed by atoms with E-state index < -0.39 is 5.60 Å². The minimum absolute atomic E-state index is 0.139. The number of hydrogen-bond acceptors (Lipinski definition) is 6. The van der Waals surface area contributed by atoms with E-state index in [1.807, 2.05) is 27.7 Å². The maximum Gasteiger partial charge on any atom is 0.410 e. The van der Waals surface area contributed by atoms with Gasteiger partial charge in [0.05, 0.1) is 6.61 Å². The molecule has 2 rings (SSSR count). The highest BCUT2D eigenvalue weighted by atomic mass is 16.6. The van der Waals surface area contributed by atoms with Gasteiger partial charge in [-0.2, -0.15) is 0 Å². The Morgan fingerprint density at radius 3 is 2.91 bits per heavy atom. The lowest BCUT2D eigenvalue weighted by Crippen LogP contribution is -2.47. The van der Waals surface area contributed by atoms with Crippen molar-refractivity contribution in [1.29, 1.82) is 0 Å². The van der Waals surface area contributed by atoms with Crippen LogP contribution in [0.15, 0.2) is 12.4 Å². The van der Waals surface area contributed by atoms with Gasteiger partial charge in [-0.25, -0.2) is 14.8 Å². The summed E-state index contributed by atoms with van der Waals surface area (Å²) < 4.78 is 10.8. The van der Waals surface area contributed by atoms with E-state index in [0.717, 1.165) is 19.4 Å². The molecule has 0 bridgehead atoms. The van der Waals surface area contributed by atoms with Crippen molar-refractivity contribution in [1.82, 2.24) is 14.9 Å². The van der Waals surface area contributed by atoms with Crippen LogP contribution in [-0.2, 0) is 4.74 Å². The van der Waals surface area contributed by atoms with Gasteiger partial charge < -0.3 is 19.7 Å². The van der Waals surface area contributed by atoms with Gasteiger partial charge in [0.15, 0.2) is 0 Å². The number of hydrogen-bond donors (Lipinski definition) is 1. The summed E-state index contributed by atoms with van der Waals surface area (Å²) in [5.74, 6) is 1.25. The molecule has 128 valence electrons. The molecule has 1 fully saturated rings. The Balaban J connectivity index is 1.93. The zero-order valence-corrected chi connectivity index (χ0v) is 14.3. The summed E-state index contributed by atoms with van der Waals surface area (Å²) in [5, 5.41) is 3.35. The lowest BCUT2D eigenvalue weighted by molar-refractivity contribution is 0.0206. The summed E-state index contributed by atoms with van der Waals surface area (Å²) in [6.45, 7) is 9.42. The Labute approximate surface area is 137 Å². The number of rotatable bonds is 4. The minimum Gasteiger partial charge on any atom is -0.478 e. The number of nitrogens with zero attached hydrogens (tertiary/aromatic N) is 3. The van der Waals surface area contributed by atoms with E-state index >= 15 is 0 Å². The van der Waals surface area contributed by atoms with Crippen molar-refractivity contribution in [3.63, 3.8) is 0 Å². The van der Waals surface area contributed by atoms with E-state index in [-0.39, 0.29) is 12.1 Å². The molecule has 1 aliphatic heterocycles. The predicted octanol–water partition coefficient (Wildman–Crippen LogP) is 2.69. The maximum absolute atomic E-state index is 12.2. The number of aromatic nitrogens is 2. The number of piperidine rings is 1. The topological polar surface area (TPSA) is 76.6 Å². The van der Waals surface area contributed by atoms with Crippen molar-refractivity contribution in [3.8, 4) is 5.88 Å². The Morgan fingerprint density at radius 1 is 1.43 bits per heavy atom. The highest BCUT2D eigenvalue weighted by Gasteiger charge is 2.27. The van der Waals surface area contributed by atoms with Crippen molar-refractivity contribution < 1.29 is 14.3 Å². The number of likely N-dealkylation sites (tertiary alicyclic amines) is 1. The first-order chi connectivity index (χ1) is 10.9. The van der Waals surface area contributed by atoms with Gasteiger partial charge in [-0.05, 0) is 40.5 Å². The van der Waals surface area contributed by atoms with Crippen LogP contribution in [0.2, 0.25) is 0 Å². The van der Waals surface area contributed by atoms with E-state index in [0.29, 0.717) is 24.8 Å². The SMILES string of the molecule is CCOc1cc(NC2CCCN(C(=O)OC(C)(C)C)C2)ncn1. The van der Waals surface area contributed by atoms with Crippen LogP contribution in [0.1, 0.15) is 40.5 Å². The maximum atomic E-state index is 12.2. The molecule has 1 aliphatic rings. The highest BCUT2D eigenvalue weighted by Crippen LogP contribution is 2.19. The fourth-order valence-electron chi connectivity index (χ4n) is 2.44. The van der Waals surface area contributed by atoms with Crippen molar-refractivity contribution in [2.45, 2.75) is 52.2 Å². The summed E-state index contributed by atoms with van der Waals surface area (Å²) in [6, 6.07) is 1.91. The first-order valence-electron chi connectivity index (χ1n) is 8.06. The highest BCUT2D eigenvalue weighted by molar-refractivity contribution is 5.68. The summed E-state index contributed by atoms with van der Waals surface area (Å²) >= 11 is 0. The summed E-state index contributed by atoms with van der Waals surface area (Å²) in [5.41, 5.74) is -0.476. The van der Waals surface area contributed by atoms with Crippen molar-refractivity contribution >= 4 is 11.9 Å². The van der Waals surface area contributed by atoms with E-state index in [1.54, 1.807) is 11.0 Å². The van der Waals surface area contributed by atoms with Crippen LogP contribution in [0, 0.1) is 0 Å². The standard InChI is InChI=1S/C16H26N4O3/c1-5-22-14-9-13(17-11-18-14)19-12-7-6-8-20(10-12)15(21)23-16(2,3)4/h9,11-12H,5-8,10H2,1-4H3,(H,17,18,19). The quantitative estimate of drug-likeness (QED) is 0.918. The second-order valence-electron chi connectivity index (χ2n) is 6.58. The van der Waals surface area contributed by atoms with Gasteiger partial charge in [-0.1, -0.05) is 0 Å². The molecule has 1 amide bonds. The van der Waals surface area contributed by atoms with E-state index in [9.17, 15) is 4.79 Å². The third kappa shape index (κ3) is 5.58. The Kier molecular flexibility index (Phi) is 5.63. The van der Waals surface area contributed by atoms with Crippen LogP contribution < -0.4 is 10.1 Å². The molecule has 23 heavy (non-hydrogen) atoms.